The predicted octanol–water partition coefficient (Wildman–Crippen LogP) is 4.43. The van der Waals surface area contributed by atoms with Crippen LogP contribution in [-0.4, -0.2) is 17.5 Å². The van der Waals surface area contributed by atoms with E-state index in [1.54, 1.807) is 0 Å². The first-order chi connectivity index (χ1) is 7.26. The molecular formula is C8H10F5NOS2. The van der Waals surface area contributed by atoms with Crippen LogP contribution >= 0.6 is 10.2 Å². The minimum absolute atomic E-state index is 0.0226. The Hall–Kier alpha value is -0.830. The molecule has 17 heavy (non-hydrogen) atoms. The van der Waals surface area contributed by atoms with Crippen LogP contribution in [0.5, 0.6) is 0 Å². The fourth-order valence-corrected chi connectivity index (χ4v) is 2.56. The molecule has 0 radical (unpaired) electrons. The lowest BCUT2D eigenvalue weighted by Crippen LogP contribution is -2.06. The fraction of sp³-hybridized carbons (Fsp3) is 0.250. The Morgan fingerprint density at radius 2 is 1.47 bits per heavy atom. The monoisotopic (exact) mass is 295 g/mol. The number of benzene rings is 1. The van der Waals surface area contributed by atoms with Crippen LogP contribution in [0.4, 0.5) is 19.4 Å². The highest BCUT2D eigenvalue weighted by Crippen LogP contribution is 3.02. The van der Waals surface area contributed by atoms with Crippen molar-refractivity contribution in [3.05, 3.63) is 24.3 Å². The molecule has 0 aliphatic heterocycles. The molecule has 0 saturated carbocycles. The topological polar surface area (TPSA) is 29.4 Å². The van der Waals surface area contributed by atoms with Gasteiger partial charge in [0.05, 0.1) is 9.73 Å². The molecule has 2 nitrogen and oxygen atoms in total. The molecule has 1 rings (SSSR count). The second kappa shape index (κ2) is 3.14. The van der Waals surface area contributed by atoms with Gasteiger partial charge in [-0.2, -0.15) is 0 Å². The van der Waals surface area contributed by atoms with E-state index in [-0.39, 0.29) is 17.0 Å². The number of nitrogens with zero attached hydrogens (tertiary/aromatic N) is 1. The molecule has 0 N–H and O–H groups in total. The first-order valence-electron chi connectivity index (χ1n) is 4.21. The molecule has 0 aromatic heterocycles. The van der Waals surface area contributed by atoms with E-state index in [2.05, 4.69) is 4.36 Å². The van der Waals surface area contributed by atoms with E-state index in [0.717, 1.165) is 12.1 Å². The minimum Gasteiger partial charge on any atom is -0.245 e. The van der Waals surface area contributed by atoms with Crippen molar-refractivity contribution in [2.45, 2.75) is 9.79 Å². The highest BCUT2D eigenvalue weighted by atomic mass is 32.5. The SMILES string of the molecule is CN=S(C)(=O)c1ccc(S(F)(F)(F)(F)F)cc1. The summed E-state index contributed by atoms with van der Waals surface area (Å²) >= 11 is 0. The average molecular weight is 295 g/mol. The molecule has 0 heterocycles. The molecule has 1 aromatic rings. The zero-order valence-electron chi connectivity index (χ0n) is 8.87. The van der Waals surface area contributed by atoms with Gasteiger partial charge in [0, 0.05) is 18.2 Å². The van der Waals surface area contributed by atoms with E-state index in [9.17, 15) is 23.6 Å². The summed E-state index contributed by atoms with van der Waals surface area (Å²) in [5.41, 5.74) is 0. The summed E-state index contributed by atoms with van der Waals surface area (Å²) in [6.45, 7) is 0. The summed E-state index contributed by atoms with van der Waals surface area (Å²) in [6, 6.07) is 1.96. The molecule has 1 atom stereocenters. The molecule has 100 valence electrons. The maximum Gasteiger partial charge on any atom is 0.310 e. The van der Waals surface area contributed by atoms with Crippen LogP contribution < -0.4 is 0 Å². The molecule has 0 amide bonds. The normalized spacial score (nSPS) is 19.9. The zero-order valence-corrected chi connectivity index (χ0v) is 10.5. The molecule has 9 heteroatoms. The van der Waals surface area contributed by atoms with E-state index in [1.165, 1.54) is 13.3 Å². The molecule has 0 bridgehead atoms. The Bertz CT molecular complexity index is 554. The Morgan fingerprint density at radius 3 is 1.76 bits per heavy atom. The van der Waals surface area contributed by atoms with Gasteiger partial charge >= 0.3 is 10.2 Å². The largest absolute Gasteiger partial charge is 0.310 e. The number of halogens is 5. The smallest absolute Gasteiger partial charge is 0.245 e. The third-order valence-corrected chi connectivity index (χ3v) is 5.06. The minimum atomic E-state index is -9.65. The molecular weight excluding hydrogens is 285 g/mol. The van der Waals surface area contributed by atoms with E-state index in [1.807, 2.05) is 0 Å². The summed E-state index contributed by atoms with van der Waals surface area (Å²) in [6.07, 6.45) is 1.21. The first kappa shape index (κ1) is 14.2. The Kier molecular flexibility index (Phi) is 2.62. The van der Waals surface area contributed by atoms with Gasteiger partial charge in [-0.05, 0) is 24.3 Å². The third kappa shape index (κ3) is 3.32. The van der Waals surface area contributed by atoms with Crippen molar-refractivity contribution in [1.82, 2.24) is 0 Å². The van der Waals surface area contributed by atoms with Gasteiger partial charge in [0.25, 0.3) is 0 Å². The molecule has 0 aliphatic rings. The van der Waals surface area contributed by atoms with Crippen LogP contribution in [0.1, 0.15) is 0 Å². The summed E-state index contributed by atoms with van der Waals surface area (Å²) in [7, 11) is -11.2. The number of hydrogen-bond donors (Lipinski definition) is 0. The molecule has 1 unspecified atom stereocenters. The molecule has 1 aromatic carbocycles. The second-order valence-electron chi connectivity index (χ2n) is 3.43. The summed E-state index contributed by atoms with van der Waals surface area (Å²) in [5, 5.41) is 0. The van der Waals surface area contributed by atoms with E-state index in [4.69, 9.17) is 0 Å². The maximum absolute atomic E-state index is 12.4. The van der Waals surface area contributed by atoms with E-state index >= 15 is 0 Å². The van der Waals surface area contributed by atoms with Gasteiger partial charge in [-0.3, -0.25) is 0 Å². The summed E-state index contributed by atoms with van der Waals surface area (Å²) < 4.78 is 77.0. The molecule has 0 fully saturated rings. The average Bonchev–Trinajstić information content (AvgIpc) is 2.15. The van der Waals surface area contributed by atoms with Crippen molar-refractivity contribution < 1.29 is 23.6 Å². The van der Waals surface area contributed by atoms with E-state index < -0.39 is 24.8 Å². The molecule has 0 saturated heterocycles. The Balaban J connectivity index is 3.39. The van der Waals surface area contributed by atoms with Crippen LogP contribution in [0.2, 0.25) is 0 Å². The van der Waals surface area contributed by atoms with Crippen molar-refractivity contribution >= 4 is 20.0 Å². The number of hydrogen-bond acceptors (Lipinski definition) is 2. The summed E-state index contributed by atoms with van der Waals surface area (Å²) in [5.74, 6) is 0. The van der Waals surface area contributed by atoms with Crippen LogP contribution in [0, 0.1) is 0 Å². The van der Waals surface area contributed by atoms with Crippen LogP contribution in [0.3, 0.4) is 0 Å². The maximum atomic E-state index is 12.4. The Morgan fingerprint density at radius 1 is 1.06 bits per heavy atom. The lowest BCUT2D eigenvalue weighted by Gasteiger charge is -2.40. The van der Waals surface area contributed by atoms with Crippen LogP contribution in [0.15, 0.2) is 38.4 Å². The summed E-state index contributed by atoms with van der Waals surface area (Å²) in [4.78, 5) is -2.02. The van der Waals surface area contributed by atoms with Crippen molar-refractivity contribution in [3.8, 4) is 0 Å². The van der Waals surface area contributed by atoms with Gasteiger partial charge in [0.2, 0.25) is 0 Å². The van der Waals surface area contributed by atoms with Crippen molar-refractivity contribution in [3.63, 3.8) is 0 Å². The second-order valence-corrected chi connectivity index (χ2v) is 8.28. The van der Waals surface area contributed by atoms with Gasteiger partial charge in [-0.15, -0.1) is 0 Å². The van der Waals surface area contributed by atoms with Crippen molar-refractivity contribution in [1.29, 1.82) is 0 Å². The Labute approximate surface area is 95.7 Å². The van der Waals surface area contributed by atoms with Gasteiger partial charge < -0.3 is 0 Å². The third-order valence-electron chi connectivity index (χ3n) is 2.05. The van der Waals surface area contributed by atoms with Gasteiger partial charge in [0.15, 0.2) is 0 Å². The number of rotatable bonds is 2. The first-order valence-corrected chi connectivity index (χ1v) is 8.08. The standard InChI is InChI=1S/C8H10F5NOS2/c1-14-16(2,15)7-3-5-8(6-4-7)17(9,10,11,12)13/h3-6H,1-2H3. The van der Waals surface area contributed by atoms with Crippen LogP contribution in [0.25, 0.3) is 0 Å². The lowest BCUT2D eigenvalue weighted by atomic mass is 10.4. The molecule has 0 aliphatic carbocycles. The van der Waals surface area contributed by atoms with Crippen LogP contribution in [-0.2, 0) is 9.73 Å². The van der Waals surface area contributed by atoms with Crippen molar-refractivity contribution in [2.24, 2.45) is 4.36 Å². The van der Waals surface area contributed by atoms with Crippen molar-refractivity contribution in [2.75, 3.05) is 13.3 Å². The van der Waals surface area contributed by atoms with E-state index in [0.29, 0.717) is 0 Å². The van der Waals surface area contributed by atoms with Gasteiger partial charge in [0.1, 0.15) is 4.90 Å². The van der Waals surface area contributed by atoms with Gasteiger partial charge in [-0.25, -0.2) is 8.57 Å². The zero-order chi connectivity index (χ0) is 13.6. The highest BCUT2D eigenvalue weighted by Gasteiger charge is 2.65. The predicted molar refractivity (Wildman–Crippen MR) is 58.5 cm³/mol. The van der Waals surface area contributed by atoms with Gasteiger partial charge in [-0.1, -0.05) is 19.4 Å². The fourth-order valence-electron chi connectivity index (χ4n) is 1.05. The highest BCUT2D eigenvalue weighted by molar-refractivity contribution is 8.45. The lowest BCUT2D eigenvalue weighted by molar-refractivity contribution is 0.364. The quantitative estimate of drug-likeness (QED) is 0.742. The molecule has 0 spiro atoms.